The maximum Gasteiger partial charge on any atom is 0.344 e. The number of anilines is 1. The first-order valence-corrected chi connectivity index (χ1v) is 5.00. The Hall–Kier alpha value is -2.44. The van der Waals surface area contributed by atoms with Gasteiger partial charge in [0.1, 0.15) is 11.3 Å². The second kappa shape index (κ2) is 5.26. The van der Waals surface area contributed by atoms with Crippen LogP contribution >= 0.6 is 0 Å². The van der Waals surface area contributed by atoms with Crippen molar-refractivity contribution in [3.8, 4) is 0 Å². The van der Waals surface area contributed by atoms with E-state index < -0.39 is 16.6 Å². The van der Waals surface area contributed by atoms with Gasteiger partial charge in [0.15, 0.2) is 0 Å². The number of methoxy groups -OCH3 is 1. The fraction of sp³-hybridized carbons (Fsp3) is 0.273. The minimum Gasteiger partial charge on any atom is -0.465 e. The molecule has 0 aromatic heterocycles. The molecule has 1 rings (SSSR count). The van der Waals surface area contributed by atoms with Gasteiger partial charge in [-0.2, -0.15) is 0 Å². The van der Waals surface area contributed by atoms with E-state index in [1.807, 2.05) is 0 Å². The first-order valence-electron chi connectivity index (χ1n) is 5.00. The average molecular weight is 252 g/mol. The number of esters is 1. The number of carbonyl (C=O) groups excluding carboxylic acids is 2. The topological polar surface area (TPSA) is 89.8 Å². The molecular weight excluding hydrogens is 240 g/mol. The van der Waals surface area contributed by atoms with Crippen molar-refractivity contribution in [3.63, 3.8) is 0 Å². The van der Waals surface area contributed by atoms with Crippen LogP contribution in [0, 0.1) is 10.1 Å². The van der Waals surface area contributed by atoms with E-state index >= 15 is 0 Å². The van der Waals surface area contributed by atoms with Gasteiger partial charge in [-0.05, 0) is 12.1 Å². The van der Waals surface area contributed by atoms with Crippen LogP contribution in [-0.4, -0.2) is 31.0 Å². The maximum atomic E-state index is 11.5. The van der Waals surface area contributed by atoms with Crippen molar-refractivity contribution in [1.82, 2.24) is 0 Å². The van der Waals surface area contributed by atoms with Crippen molar-refractivity contribution in [2.45, 2.75) is 6.92 Å². The van der Waals surface area contributed by atoms with Gasteiger partial charge >= 0.3 is 11.7 Å². The molecule has 0 spiro atoms. The molecule has 0 aliphatic rings. The molecule has 0 bridgehead atoms. The molecule has 0 aliphatic heterocycles. The van der Waals surface area contributed by atoms with Gasteiger partial charge in [-0.25, -0.2) is 4.79 Å². The maximum absolute atomic E-state index is 11.5. The molecule has 7 nitrogen and oxygen atoms in total. The third-order valence-electron chi connectivity index (χ3n) is 2.44. The number of para-hydroxylation sites is 1. The number of nitrogens with zero attached hydrogens (tertiary/aromatic N) is 2. The predicted octanol–water partition coefficient (Wildman–Crippen LogP) is 1.36. The van der Waals surface area contributed by atoms with Gasteiger partial charge < -0.3 is 9.64 Å². The van der Waals surface area contributed by atoms with Crippen molar-refractivity contribution < 1.29 is 19.2 Å². The molecule has 0 saturated heterocycles. The number of hydrogen-bond acceptors (Lipinski definition) is 5. The highest BCUT2D eigenvalue weighted by atomic mass is 16.6. The molecule has 0 radical (unpaired) electrons. The van der Waals surface area contributed by atoms with Gasteiger partial charge in [-0.15, -0.1) is 0 Å². The summed E-state index contributed by atoms with van der Waals surface area (Å²) in [6.07, 6.45) is 0. The normalized spacial score (nSPS) is 9.72. The zero-order valence-electron chi connectivity index (χ0n) is 10.2. The van der Waals surface area contributed by atoms with Crippen LogP contribution in [0.25, 0.3) is 0 Å². The molecule has 1 amide bonds. The molecule has 7 heteroatoms. The van der Waals surface area contributed by atoms with Gasteiger partial charge in [0.05, 0.1) is 12.0 Å². The Balaban J connectivity index is 3.49. The molecule has 1 aromatic rings. The Bertz CT molecular complexity index is 512. The summed E-state index contributed by atoms with van der Waals surface area (Å²) in [6, 6.07) is 4.13. The zero-order valence-corrected chi connectivity index (χ0v) is 10.2. The third kappa shape index (κ3) is 2.45. The van der Waals surface area contributed by atoms with Crippen molar-refractivity contribution >= 4 is 23.3 Å². The number of benzene rings is 1. The molecule has 96 valence electrons. The van der Waals surface area contributed by atoms with Crippen molar-refractivity contribution in [2.24, 2.45) is 0 Å². The summed E-state index contributed by atoms with van der Waals surface area (Å²) in [5.41, 5.74) is -0.578. The van der Waals surface area contributed by atoms with Crippen LogP contribution in [0.5, 0.6) is 0 Å². The van der Waals surface area contributed by atoms with E-state index in [1.165, 1.54) is 32.2 Å². The van der Waals surface area contributed by atoms with Crippen molar-refractivity contribution in [3.05, 3.63) is 33.9 Å². The number of nitro benzene ring substituents is 1. The molecule has 0 aliphatic carbocycles. The minimum atomic E-state index is -0.819. The smallest absolute Gasteiger partial charge is 0.344 e. The lowest BCUT2D eigenvalue weighted by molar-refractivity contribution is -0.384. The lowest BCUT2D eigenvalue weighted by Crippen LogP contribution is -2.24. The van der Waals surface area contributed by atoms with Crippen LogP contribution in [0.15, 0.2) is 18.2 Å². The molecule has 0 saturated carbocycles. The predicted molar refractivity (Wildman–Crippen MR) is 63.5 cm³/mol. The Morgan fingerprint density at radius 1 is 1.39 bits per heavy atom. The Morgan fingerprint density at radius 2 is 2.00 bits per heavy atom. The van der Waals surface area contributed by atoms with E-state index in [1.54, 1.807) is 0 Å². The van der Waals surface area contributed by atoms with E-state index in [2.05, 4.69) is 4.74 Å². The summed E-state index contributed by atoms with van der Waals surface area (Å²) in [7, 11) is 2.53. The fourth-order valence-corrected chi connectivity index (χ4v) is 1.44. The van der Waals surface area contributed by atoms with E-state index in [-0.39, 0.29) is 17.2 Å². The second-order valence-electron chi connectivity index (χ2n) is 3.50. The van der Waals surface area contributed by atoms with Crippen molar-refractivity contribution in [2.75, 3.05) is 19.1 Å². The quantitative estimate of drug-likeness (QED) is 0.460. The molecule has 1 aromatic carbocycles. The molecule has 0 N–H and O–H groups in total. The first-order chi connectivity index (χ1) is 8.40. The number of ether oxygens (including phenoxy) is 1. The summed E-state index contributed by atoms with van der Waals surface area (Å²) < 4.78 is 4.48. The monoisotopic (exact) mass is 252 g/mol. The summed E-state index contributed by atoms with van der Waals surface area (Å²) in [5, 5.41) is 11.0. The van der Waals surface area contributed by atoms with Gasteiger partial charge in [0.25, 0.3) is 0 Å². The molecular formula is C11H12N2O5. The van der Waals surface area contributed by atoms with E-state index in [4.69, 9.17) is 0 Å². The van der Waals surface area contributed by atoms with Gasteiger partial charge in [0.2, 0.25) is 5.91 Å². The van der Waals surface area contributed by atoms with E-state index in [0.29, 0.717) is 0 Å². The Morgan fingerprint density at radius 3 is 2.44 bits per heavy atom. The van der Waals surface area contributed by atoms with Crippen LogP contribution in [0.2, 0.25) is 0 Å². The Labute approximate surface area is 103 Å². The Kier molecular flexibility index (Phi) is 3.98. The van der Waals surface area contributed by atoms with Crippen LogP contribution in [0.1, 0.15) is 17.3 Å². The van der Waals surface area contributed by atoms with Gasteiger partial charge in [-0.1, -0.05) is 6.07 Å². The number of carbonyl (C=O) groups is 2. The van der Waals surface area contributed by atoms with Crippen molar-refractivity contribution in [1.29, 1.82) is 0 Å². The first kappa shape index (κ1) is 13.6. The lowest BCUT2D eigenvalue weighted by Gasteiger charge is -2.15. The average Bonchev–Trinajstić information content (AvgIpc) is 2.35. The van der Waals surface area contributed by atoms with E-state index in [0.717, 1.165) is 12.0 Å². The third-order valence-corrected chi connectivity index (χ3v) is 2.44. The van der Waals surface area contributed by atoms with Gasteiger partial charge in [-0.3, -0.25) is 14.9 Å². The zero-order chi connectivity index (χ0) is 13.9. The largest absolute Gasteiger partial charge is 0.465 e. The van der Waals surface area contributed by atoms with Crippen LogP contribution in [0.3, 0.4) is 0 Å². The van der Waals surface area contributed by atoms with Crippen LogP contribution in [-0.2, 0) is 9.53 Å². The summed E-state index contributed by atoms with van der Waals surface area (Å²) in [6.45, 7) is 1.27. The minimum absolute atomic E-state index is 0.0513. The molecule has 0 atom stereocenters. The molecule has 0 unspecified atom stereocenters. The highest BCUT2D eigenvalue weighted by Crippen LogP contribution is 2.31. The standard InChI is InChI=1S/C11H12N2O5/c1-7(14)12(2)9-6-4-5-8(11(15)18-3)10(9)13(16)17/h4-6H,1-3H3. The second-order valence-corrected chi connectivity index (χ2v) is 3.50. The lowest BCUT2D eigenvalue weighted by atomic mass is 10.1. The van der Waals surface area contributed by atoms with Crippen LogP contribution < -0.4 is 4.90 Å². The molecule has 18 heavy (non-hydrogen) atoms. The van der Waals surface area contributed by atoms with Crippen LogP contribution in [0.4, 0.5) is 11.4 Å². The highest BCUT2D eigenvalue weighted by Gasteiger charge is 2.27. The molecule has 0 fully saturated rings. The van der Waals surface area contributed by atoms with E-state index in [9.17, 15) is 19.7 Å². The number of amides is 1. The summed E-state index contributed by atoms with van der Waals surface area (Å²) in [5.74, 6) is -1.19. The number of nitro groups is 1. The van der Waals surface area contributed by atoms with Gasteiger partial charge in [0, 0.05) is 14.0 Å². The number of hydrogen-bond donors (Lipinski definition) is 0. The highest BCUT2D eigenvalue weighted by molar-refractivity contribution is 6.00. The summed E-state index contributed by atoms with van der Waals surface area (Å²) in [4.78, 5) is 34.2. The number of rotatable bonds is 3. The molecule has 0 heterocycles. The fourth-order valence-electron chi connectivity index (χ4n) is 1.44. The SMILES string of the molecule is COC(=O)c1cccc(N(C)C(C)=O)c1[N+](=O)[O-]. The summed E-state index contributed by atoms with van der Waals surface area (Å²) >= 11 is 0.